The number of alkyl carbamates (subject to hydrolysis) is 1. The van der Waals surface area contributed by atoms with E-state index in [-0.39, 0.29) is 25.1 Å². The monoisotopic (exact) mass is 765 g/mol. The number of phenols is 1. The van der Waals surface area contributed by atoms with Gasteiger partial charge in [-0.2, -0.15) is 0 Å². The molecule has 4 amide bonds. The first-order chi connectivity index (χ1) is 25.3. The summed E-state index contributed by atoms with van der Waals surface area (Å²) in [7, 11) is -3.99. The molecule has 2 saturated carbocycles. The van der Waals surface area contributed by atoms with Gasteiger partial charge in [0.15, 0.2) is 0 Å². The predicted octanol–water partition coefficient (Wildman–Crippen LogP) is 4.20. The van der Waals surface area contributed by atoms with Gasteiger partial charge in [-0.05, 0) is 104 Å². The van der Waals surface area contributed by atoms with Gasteiger partial charge in [0.1, 0.15) is 40.3 Å². The van der Waals surface area contributed by atoms with Gasteiger partial charge in [-0.25, -0.2) is 18.2 Å². The topological polar surface area (TPSA) is 193 Å². The number of amides is 4. The number of ether oxygens (including phenoxy) is 2. The van der Waals surface area contributed by atoms with Crippen LogP contribution in [0.25, 0.3) is 10.9 Å². The van der Waals surface area contributed by atoms with Crippen molar-refractivity contribution >= 4 is 44.7 Å². The molecule has 15 heteroatoms. The van der Waals surface area contributed by atoms with Crippen molar-refractivity contribution in [2.75, 3.05) is 6.54 Å². The summed E-state index contributed by atoms with van der Waals surface area (Å²) >= 11 is 0. The Morgan fingerprint density at radius 2 is 1.87 bits per heavy atom. The Labute approximate surface area is 315 Å². The second kappa shape index (κ2) is 13.4. The molecule has 4 N–H and O–H groups in total. The molecule has 4 heterocycles. The van der Waals surface area contributed by atoms with E-state index >= 15 is 0 Å². The number of nitrogens with zero attached hydrogens (tertiary/aromatic N) is 2. The molecule has 1 aromatic carbocycles. The number of rotatable bonds is 4. The molecule has 7 rings (SSSR count). The number of aromatic hydroxyl groups is 1. The Kier molecular flexibility index (Phi) is 9.41. The number of fused-ring (bicyclic) bond motifs is 5. The Bertz CT molecular complexity index is 2040. The van der Waals surface area contributed by atoms with Gasteiger partial charge < -0.3 is 30.1 Å². The quantitative estimate of drug-likeness (QED) is 0.328. The Balaban J connectivity index is 1.24. The van der Waals surface area contributed by atoms with Crippen molar-refractivity contribution < 1.29 is 42.2 Å². The van der Waals surface area contributed by atoms with Crippen LogP contribution in [0.4, 0.5) is 4.79 Å². The van der Waals surface area contributed by atoms with Crippen molar-refractivity contribution in [1.29, 1.82) is 0 Å². The summed E-state index contributed by atoms with van der Waals surface area (Å²) in [6.07, 6.45) is 8.35. The van der Waals surface area contributed by atoms with Crippen LogP contribution in [0.1, 0.15) is 103 Å². The van der Waals surface area contributed by atoms with Crippen LogP contribution in [0.2, 0.25) is 0 Å². The number of benzene rings is 1. The number of hydrogen-bond acceptors (Lipinski definition) is 10. The molecule has 0 unspecified atom stereocenters. The van der Waals surface area contributed by atoms with Crippen LogP contribution in [0.5, 0.6) is 11.5 Å². The third kappa shape index (κ3) is 7.23. The number of allylic oxidation sites excluding steroid dienone is 1. The van der Waals surface area contributed by atoms with Gasteiger partial charge in [-0.1, -0.05) is 25.0 Å². The molecule has 5 atom stereocenters. The Morgan fingerprint density at radius 1 is 1.11 bits per heavy atom. The highest BCUT2D eigenvalue weighted by atomic mass is 32.2. The maximum Gasteiger partial charge on any atom is 0.408 e. The number of carbonyl (C=O) groups is 4. The number of nitrogens with one attached hydrogen (secondary N) is 3. The number of phenolic OH excluding ortho intramolecular Hbond substituents is 1. The maximum absolute atomic E-state index is 14.7. The van der Waals surface area contributed by atoms with Crippen LogP contribution in [-0.4, -0.2) is 87.3 Å². The average Bonchev–Trinajstić information content (AvgIpc) is 3.98. The van der Waals surface area contributed by atoms with Gasteiger partial charge in [0.25, 0.3) is 5.91 Å². The van der Waals surface area contributed by atoms with E-state index in [1.54, 1.807) is 45.9 Å². The third-order valence-electron chi connectivity index (χ3n) is 11.6. The summed E-state index contributed by atoms with van der Waals surface area (Å²) in [6, 6.07) is 2.86. The summed E-state index contributed by atoms with van der Waals surface area (Å²) in [5.74, 6) is -1.70. The molecule has 1 saturated heterocycles. The number of sulfonamides is 1. The molecule has 54 heavy (non-hydrogen) atoms. The number of aryl methyl sites for hydroxylation is 2. The highest BCUT2D eigenvalue weighted by Gasteiger charge is 2.64. The molecule has 3 fully saturated rings. The molecule has 1 aromatic heterocycles. The smallest absolute Gasteiger partial charge is 0.408 e. The van der Waals surface area contributed by atoms with Crippen molar-refractivity contribution in [1.82, 2.24) is 25.2 Å². The lowest BCUT2D eigenvalue weighted by molar-refractivity contribution is -0.141. The van der Waals surface area contributed by atoms with Crippen LogP contribution in [0.15, 0.2) is 30.4 Å². The van der Waals surface area contributed by atoms with Crippen LogP contribution in [0.3, 0.4) is 0 Å². The number of pyridine rings is 1. The van der Waals surface area contributed by atoms with Crippen molar-refractivity contribution in [2.45, 2.75) is 139 Å². The maximum atomic E-state index is 14.7. The fourth-order valence-electron chi connectivity index (χ4n) is 8.13. The minimum atomic E-state index is -3.99. The molecule has 2 aromatic rings. The summed E-state index contributed by atoms with van der Waals surface area (Å²) in [5.41, 5.74) is -1.14. The van der Waals surface area contributed by atoms with Gasteiger partial charge in [-0.3, -0.25) is 19.1 Å². The van der Waals surface area contributed by atoms with Gasteiger partial charge >= 0.3 is 6.09 Å². The third-order valence-corrected chi connectivity index (χ3v) is 13.8. The fourth-order valence-corrected chi connectivity index (χ4v) is 9.44. The molecule has 1 spiro atoms. The molecule has 292 valence electrons. The molecule has 2 aliphatic carbocycles. The number of hydrogen-bond donors (Lipinski definition) is 4. The van der Waals surface area contributed by atoms with Crippen LogP contribution in [-0.2, 0) is 35.6 Å². The van der Waals surface area contributed by atoms with Crippen molar-refractivity contribution in [3.63, 3.8) is 0 Å². The zero-order valence-electron chi connectivity index (χ0n) is 31.6. The normalized spacial score (nSPS) is 30.0. The first-order valence-corrected chi connectivity index (χ1v) is 20.5. The molecule has 3 aliphatic heterocycles. The SMILES string of the molecule is Cc1nc2ccc(O)cc2c2c1O[C@]1(CC2)C[C@H]2C(=O)N[C@]3(C(=O)NS(=O)(=O)C4(C)CC4)C[C@@H]3/C=C\CCCCC[C@H](NC(=O)OC(C)(C)C)C(=O)N2C1. The summed E-state index contributed by atoms with van der Waals surface area (Å²) in [4.78, 5) is 62.4. The van der Waals surface area contributed by atoms with Crippen LogP contribution in [0, 0.1) is 12.8 Å². The van der Waals surface area contributed by atoms with E-state index in [0.717, 1.165) is 23.8 Å². The lowest BCUT2D eigenvalue weighted by Gasteiger charge is -2.36. The summed E-state index contributed by atoms with van der Waals surface area (Å²) in [5, 5.41) is 16.7. The first kappa shape index (κ1) is 37.9. The lowest BCUT2D eigenvalue weighted by atomic mass is 9.87. The minimum Gasteiger partial charge on any atom is -0.508 e. The van der Waals surface area contributed by atoms with E-state index in [2.05, 4.69) is 15.4 Å². The first-order valence-electron chi connectivity index (χ1n) is 19.0. The molecule has 14 nitrogen and oxygen atoms in total. The zero-order chi connectivity index (χ0) is 38.8. The highest BCUT2D eigenvalue weighted by molar-refractivity contribution is 7.91. The Hall–Kier alpha value is -4.40. The molecule has 0 radical (unpaired) electrons. The van der Waals surface area contributed by atoms with Crippen LogP contribution >= 0.6 is 0 Å². The highest BCUT2D eigenvalue weighted by Crippen LogP contribution is 2.49. The second-order valence-corrected chi connectivity index (χ2v) is 19.3. The van der Waals surface area contributed by atoms with Gasteiger partial charge in [-0.15, -0.1) is 0 Å². The van der Waals surface area contributed by atoms with Crippen LogP contribution < -0.4 is 20.1 Å². The molecule has 5 aliphatic rings. The second-order valence-electron chi connectivity index (χ2n) is 17.1. The van der Waals surface area contributed by atoms with E-state index in [4.69, 9.17) is 14.5 Å². The van der Waals surface area contributed by atoms with E-state index in [1.165, 1.54) is 4.90 Å². The average molecular weight is 766 g/mol. The Morgan fingerprint density at radius 3 is 2.59 bits per heavy atom. The van der Waals surface area contributed by atoms with Crippen molar-refractivity contribution in [3.05, 3.63) is 41.6 Å². The minimum absolute atomic E-state index is 0.0165. The van der Waals surface area contributed by atoms with Gasteiger partial charge in [0, 0.05) is 23.3 Å². The predicted molar refractivity (Wildman–Crippen MR) is 199 cm³/mol. The number of carbonyl (C=O) groups excluding carboxylic acids is 4. The largest absolute Gasteiger partial charge is 0.508 e. The van der Waals surface area contributed by atoms with Crippen molar-refractivity contribution in [3.8, 4) is 11.5 Å². The lowest BCUT2D eigenvalue weighted by Crippen LogP contribution is -2.58. The molecular formula is C39H51N5O9S. The fraction of sp³-hybridized carbons (Fsp3) is 0.615. The summed E-state index contributed by atoms with van der Waals surface area (Å²) in [6.45, 7) is 8.63. The van der Waals surface area contributed by atoms with E-state index in [1.807, 2.05) is 19.1 Å². The summed E-state index contributed by atoms with van der Waals surface area (Å²) < 4.78 is 39.9. The van der Waals surface area contributed by atoms with Crippen molar-refractivity contribution in [2.24, 2.45) is 5.92 Å². The zero-order valence-corrected chi connectivity index (χ0v) is 32.4. The molecular weight excluding hydrogens is 715 g/mol. The van der Waals surface area contributed by atoms with E-state index in [9.17, 15) is 32.7 Å². The standard InChI is InChI=1S/C39H51N5O9S/c1-23-31-26(27-19-25(45)13-14-28(27)40-23)15-16-38(52-31)21-30-32(46)42-39(34(48)43-54(50,51)37(5)17-18-37)20-24(39)11-9-7-6-8-10-12-29(33(47)44(30)22-38)41-35(49)53-36(2,3)4/h9,11,13-14,19,24,29-30,45H,6-8,10,12,15-18,20-22H2,1-5H3,(H,41,49)(H,42,46)(H,43,48)/b11-9-/t24-,29-,30-,38+,39+/m0/s1. The van der Waals surface area contributed by atoms with Gasteiger partial charge in [0.2, 0.25) is 21.8 Å². The van der Waals surface area contributed by atoms with E-state index in [0.29, 0.717) is 61.9 Å². The van der Waals surface area contributed by atoms with Gasteiger partial charge in [0.05, 0.1) is 22.5 Å². The number of aromatic nitrogens is 1. The molecule has 0 bridgehead atoms. The van der Waals surface area contributed by atoms with E-state index < -0.39 is 73.3 Å².